The molecule has 0 aliphatic heterocycles. The van der Waals surface area contributed by atoms with Crippen molar-refractivity contribution in [3.8, 4) is 0 Å². The van der Waals surface area contributed by atoms with Crippen LogP contribution in [0.15, 0.2) is 49.6 Å². The molecule has 0 heterocycles. The molecule has 250 valence electrons. The van der Waals surface area contributed by atoms with Crippen molar-refractivity contribution in [2.75, 3.05) is 0 Å². The fraction of sp³-hybridized carbons (Fsp3) is 0.818. The Kier molecular flexibility index (Phi) is 16.5. The average Bonchev–Trinajstić information content (AvgIpc) is 3.08. The Morgan fingerprint density at radius 1 is 0.477 bits per heavy atom. The largest absolute Gasteiger partial charge is 0.103 e. The third kappa shape index (κ3) is 11.6. The van der Waals surface area contributed by atoms with E-state index >= 15 is 0 Å². The van der Waals surface area contributed by atoms with Gasteiger partial charge in [0.05, 0.1) is 0 Å². The first-order valence-electron chi connectivity index (χ1n) is 20.2. The van der Waals surface area contributed by atoms with Gasteiger partial charge in [0.2, 0.25) is 0 Å². The van der Waals surface area contributed by atoms with Crippen LogP contribution in [-0.2, 0) is 0 Å². The Bertz CT molecular complexity index is 806. The van der Waals surface area contributed by atoms with Crippen LogP contribution in [0.3, 0.4) is 0 Å². The molecule has 0 aromatic carbocycles. The van der Waals surface area contributed by atoms with E-state index in [1.165, 1.54) is 122 Å². The van der Waals surface area contributed by atoms with Crippen molar-refractivity contribution in [1.82, 2.24) is 0 Å². The van der Waals surface area contributed by atoms with Crippen molar-refractivity contribution >= 4 is 0 Å². The number of rotatable bonds is 11. The molecular weight excluding hydrogens is 528 g/mol. The highest BCUT2D eigenvalue weighted by Gasteiger charge is 2.34. The number of hydrogen-bond acceptors (Lipinski definition) is 0. The Labute approximate surface area is 276 Å². The lowest BCUT2D eigenvalue weighted by Crippen LogP contribution is -2.29. The van der Waals surface area contributed by atoms with Crippen LogP contribution in [0.1, 0.15) is 168 Å². The van der Waals surface area contributed by atoms with Gasteiger partial charge < -0.3 is 0 Å². The van der Waals surface area contributed by atoms with Gasteiger partial charge in [-0.25, -0.2) is 0 Å². The molecule has 0 atom stereocenters. The fourth-order valence-electron chi connectivity index (χ4n) is 10.7. The van der Waals surface area contributed by atoms with Crippen molar-refractivity contribution in [1.29, 1.82) is 0 Å². The molecule has 44 heavy (non-hydrogen) atoms. The van der Waals surface area contributed by atoms with Gasteiger partial charge in [-0.1, -0.05) is 69.1 Å². The van der Waals surface area contributed by atoms with E-state index in [1.54, 1.807) is 25.7 Å². The third-order valence-corrected chi connectivity index (χ3v) is 13.6. The summed E-state index contributed by atoms with van der Waals surface area (Å²) >= 11 is 0. The SMILES string of the molecule is C=CC1CCC(C2CCC(C3CCC(/C=C/C)CC3)CC2)CC1.C=CCC/C=C/C1CCC(C2CCC(CCC)CC2)CC1. The van der Waals surface area contributed by atoms with Crippen molar-refractivity contribution in [3.05, 3.63) is 49.6 Å². The van der Waals surface area contributed by atoms with Gasteiger partial charge in [0.25, 0.3) is 0 Å². The van der Waals surface area contributed by atoms with E-state index in [9.17, 15) is 0 Å². The standard InChI is InChI=1S/C23H38.C21H36/c1-3-5-19-8-12-21(13-9-19)23-16-14-22(15-17-23)20-10-6-18(4-2)7-11-20;1-3-5-6-7-9-19-12-16-21(17-13-19)20-14-10-18(8-4-2)11-15-20/h3-5,18-23H,2,6-17H2,1H3;3,7,9,18-21H,1,4-6,8,10-17H2,2H3/b5-3+;9-7+. The maximum atomic E-state index is 4.00. The Balaban J connectivity index is 0.000000202. The Hall–Kier alpha value is -1.04. The zero-order valence-electron chi connectivity index (χ0n) is 29.6. The van der Waals surface area contributed by atoms with E-state index in [0.717, 1.165) is 65.6 Å². The second-order valence-electron chi connectivity index (χ2n) is 16.3. The summed E-state index contributed by atoms with van der Waals surface area (Å²) in [7, 11) is 0. The highest BCUT2D eigenvalue weighted by Crippen LogP contribution is 2.46. The van der Waals surface area contributed by atoms with Crippen LogP contribution in [0.4, 0.5) is 0 Å². The molecule has 5 saturated carbocycles. The molecule has 0 unspecified atom stereocenters. The molecule has 5 aliphatic carbocycles. The predicted molar refractivity (Wildman–Crippen MR) is 196 cm³/mol. The van der Waals surface area contributed by atoms with E-state index in [4.69, 9.17) is 0 Å². The molecule has 5 rings (SSSR count). The fourth-order valence-corrected chi connectivity index (χ4v) is 10.7. The molecule has 0 nitrogen and oxygen atoms in total. The Morgan fingerprint density at radius 2 is 0.864 bits per heavy atom. The molecule has 0 saturated heterocycles. The van der Waals surface area contributed by atoms with E-state index in [-0.39, 0.29) is 0 Å². The molecule has 0 bridgehead atoms. The van der Waals surface area contributed by atoms with E-state index in [2.05, 4.69) is 57.4 Å². The lowest BCUT2D eigenvalue weighted by molar-refractivity contribution is 0.112. The molecule has 0 aromatic rings. The van der Waals surface area contributed by atoms with Gasteiger partial charge in [-0.2, -0.15) is 0 Å². The first-order chi connectivity index (χ1) is 21.6. The van der Waals surface area contributed by atoms with Crippen molar-refractivity contribution in [3.63, 3.8) is 0 Å². The zero-order chi connectivity index (χ0) is 31.0. The molecule has 0 heteroatoms. The van der Waals surface area contributed by atoms with Crippen LogP contribution in [0, 0.1) is 59.2 Å². The lowest BCUT2D eigenvalue weighted by atomic mass is 9.65. The minimum Gasteiger partial charge on any atom is -0.103 e. The van der Waals surface area contributed by atoms with Crippen molar-refractivity contribution in [2.24, 2.45) is 59.2 Å². The van der Waals surface area contributed by atoms with Gasteiger partial charge in [0, 0.05) is 0 Å². The minimum atomic E-state index is 0.829. The summed E-state index contributed by atoms with van der Waals surface area (Å²) in [6, 6.07) is 0. The topological polar surface area (TPSA) is 0 Å². The van der Waals surface area contributed by atoms with Crippen molar-refractivity contribution in [2.45, 2.75) is 168 Å². The molecule has 0 N–H and O–H groups in total. The van der Waals surface area contributed by atoms with Gasteiger partial charge in [-0.3, -0.25) is 0 Å². The third-order valence-electron chi connectivity index (χ3n) is 13.6. The molecule has 0 amide bonds. The van der Waals surface area contributed by atoms with Gasteiger partial charge in [0.15, 0.2) is 0 Å². The maximum Gasteiger partial charge on any atom is -0.0233 e. The second kappa shape index (κ2) is 20.3. The summed E-state index contributed by atoms with van der Waals surface area (Å²) in [5.41, 5.74) is 0. The van der Waals surface area contributed by atoms with Crippen LogP contribution in [0.5, 0.6) is 0 Å². The highest BCUT2D eigenvalue weighted by molar-refractivity contribution is 4.94. The van der Waals surface area contributed by atoms with Crippen molar-refractivity contribution < 1.29 is 0 Å². The van der Waals surface area contributed by atoms with Crippen LogP contribution >= 0.6 is 0 Å². The van der Waals surface area contributed by atoms with Crippen LogP contribution in [0.25, 0.3) is 0 Å². The normalized spacial score (nSPS) is 38.6. The summed E-state index contributed by atoms with van der Waals surface area (Å²) in [6.07, 6.45) is 49.0. The number of hydrogen-bond donors (Lipinski definition) is 0. The average molecular weight is 603 g/mol. The van der Waals surface area contributed by atoms with Gasteiger partial charge in [0.1, 0.15) is 0 Å². The monoisotopic (exact) mass is 603 g/mol. The maximum absolute atomic E-state index is 4.00. The van der Waals surface area contributed by atoms with Gasteiger partial charge >= 0.3 is 0 Å². The molecule has 5 fully saturated rings. The predicted octanol–water partition coefficient (Wildman–Crippen LogP) is 14.1. The number of allylic oxidation sites excluding steroid dienone is 6. The van der Waals surface area contributed by atoms with Gasteiger partial charge in [-0.05, 0) is 195 Å². The minimum absolute atomic E-state index is 0.829. The summed E-state index contributed by atoms with van der Waals surface area (Å²) in [4.78, 5) is 0. The van der Waals surface area contributed by atoms with E-state index in [1.807, 2.05) is 6.08 Å². The smallest absolute Gasteiger partial charge is 0.0233 e. The molecule has 0 spiro atoms. The summed E-state index contributed by atoms with van der Waals surface area (Å²) in [5, 5.41) is 0. The lowest BCUT2D eigenvalue weighted by Gasteiger charge is -2.41. The summed E-state index contributed by atoms with van der Waals surface area (Å²) in [5.74, 6) is 10.1. The highest BCUT2D eigenvalue weighted by atomic mass is 14.4. The molecule has 0 aromatic heterocycles. The van der Waals surface area contributed by atoms with E-state index in [0.29, 0.717) is 0 Å². The molecule has 5 aliphatic rings. The first kappa shape index (κ1) is 35.8. The van der Waals surface area contributed by atoms with Crippen LogP contribution in [0.2, 0.25) is 0 Å². The summed E-state index contributed by atoms with van der Waals surface area (Å²) in [6.45, 7) is 12.3. The van der Waals surface area contributed by atoms with Crippen LogP contribution in [-0.4, -0.2) is 0 Å². The quantitative estimate of drug-likeness (QED) is 0.163. The van der Waals surface area contributed by atoms with E-state index < -0.39 is 0 Å². The molecular formula is C44H74. The number of unbranched alkanes of at least 4 members (excludes halogenated alkanes) is 1. The Morgan fingerprint density at radius 3 is 1.25 bits per heavy atom. The van der Waals surface area contributed by atoms with Crippen LogP contribution < -0.4 is 0 Å². The summed E-state index contributed by atoms with van der Waals surface area (Å²) < 4.78 is 0. The zero-order valence-corrected chi connectivity index (χ0v) is 29.6. The van der Waals surface area contributed by atoms with Gasteiger partial charge in [-0.15, -0.1) is 13.2 Å². The first-order valence-corrected chi connectivity index (χ1v) is 20.2. The second-order valence-corrected chi connectivity index (χ2v) is 16.3. The molecule has 0 radical (unpaired) electrons.